The van der Waals surface area contributed by atoms with Gasteiger partial charge in [0.15, 0.2) is 0 Å². The van der Waals surface area contributed by atoms with Crippen molar-refractivity contribution in [1.29, 1.82) is 0 Å². The van der Waals surface area contributed by atoms with E-state index in [4.69, 9.17) is 9.47 Å². The van der Waals surface area contributed by atoms with Crippen LogP contribution in [-0.4, -0.2) is 37.2 Å². The van der Waals surface area contributed by atoms with Gasteiger partial charge in [-0.3, -0.25) is 14.4 Å². The summed E-state index contributed by atoms with van der Waals surface area (Å²) in [6.45, 7) is 1.83. The van der Waals surface area contributed by atoms with Crippen molar-refractivity contribution in [2.24, 2.45) is 0 Å². The molecular formula is C33H31N3O5S. The van der Waals surface area contributed by atoms with Crippen LogP contribution in [0.2, 0.25) is 0 Å². The molecule has 0 aliphatic carbocycles. The Labute approximate surface area is 249 Å². The third kappa shape index (κ3) is 8.25. The van der Waals surface area contributed by atoms with E-state index in [2.05, 4.69) is 16.0 Å². The summed E-state index contributed by atoms with van der Waals surface area (Å²) in [5.41, 5.74) is 2.27. The summed E-state index contributed by atoms with van der Waals surface area (Å²) < 4.78 is 10.7. The summed E-state index contributed by atoms with van der Waals surface area (Å²) in [5.74, 6) is 0.00203. The maximum Gasteiger partial charge on any atom is 0.272 e. The van der Waals surface area contributed by atoms with Gasteiger partial charge in [0.05, 0.1) is 19.5 Å². The Hall–Kier alpha value is -5.02. The van der Waals surface area contributed by atoms with Gasteiger partial charge in [-0.25, -0.2) is 0 Å². The molecule has 3 amide bonds. The minimum atomic E-state index is -0.520. The number of nitrogens with one attached hydrogen (secondary N) is 3. The lowest BCUT2D eigenvalue weighted by Crippen LogP contribution is -2.30. The van der Waals surface area contributed by atoms with E-state index in [1.165, 1.54) is 18.9 Å². The Morgan fingerprint density at radius 1 is 0.762 bits per heavy atom. The fourth-order valence-electron chi connectivity index (χ4n) is 3.87. The van der Waals surface area contributed by atoms with Crippen LogP contribution in [0.15, 0.2) is 114 Å². The summed E-state index contributed by atoms with van der Waals surface area (Å²) >= 11 is 1.40. The first-order valence-electron chi connectivity index (χ1n) is 13.1. The maximum atomic E-state index is 13.4. The van der Waals surface area contributed by atoms with Gasteiger partial charge >= 0.3 is 0 Å². The zero-order valence-corrected chi connectivity index (χ0v) is 24.2. The fraction of sp³-hybridized carbons (Fsp3) is 0.121. The normalized spacial score (nSPS) is 11.6. The van der Waals surface area contributed by atoms with E-state index < -0.39 is 11.8 Å². The molecule has 0 radical (unpaired) electrons. The number of carbonyl (C=O) groups is 3. The predicted octanol–water partition coefficient (Wildman–Crippen LogP) is 6.23. The Morgan fingerprint density at radius 2 is 1.40 bits per heavy atom. The number of para-hydroxylation sites is 1. The van der Waals surface area contributed by atoms with Gasteiger partial charge in [0.25, 0.3) is 11.8 Å². The highest BCUT2D eigenvalue weighted by Gasteiger charge is 2.18. The second-order valence-electron chi connectivity index (χ2n) is 9.08. The molecule has 0 spiro atoms. The van der Waals surface area contributed by atoms with E-state index in [0.717, 1.165) is 10.6 Å². The monoisotopic (exact) mass is 581 g/mol. The van der Waals surface area contributed by atoms with Crippen LogP contribution in [0.25, 0.3) is 6.08 Å². The third-order valence-corrected chi connectivity index (χ3v) is 7.22. The molecule has 4 aromatic rings. The average Bonchev–Trinajstić information content (AvgIpc) is 3.02. The highest BCUT2D eigenvalue weighted by Crippen LogP contribution is 2.28. The highest BCUT2D eigenvalue weighted by atomic mass is 32.2. The summed E-state index contributed by atoms with van der Waals surface area (Å²) in [5, 5.41) is 8.13. The van der Waals surface area contributed by atoms with Crippen molar-refractivity contribution in [1.82, 2.24) is 5.32 Å². The van der Waals surface area contributed by atoms with Crippen molar-refractivity contribution < 1.29 is 23.9 Å². The smallest absolute Gasteiger partial charge is 0.272 e. The number of hydrogen-bond donors (Lipinski definition) is 3. The molecule has 0 heterocycles. The Bertz CT molecular complexity index is 1560. The number of amides is 3. The van der Waals surface area contributed by atoms with E-state index >= 15 is 0 Å². The maximum absolute atomic E-state index is 13.4. The first-order chi connectivity index (χ1) is 20.4. The molecule has 8 nitrogen and oxygen atoms in total. The van der Waals surface area contributed by atoms with Crippen molar-refractivity contribution in [3.8, 4) is 11.5 Å². The number of carbonyl (C=O) groups excluding carboxylic acids is 3. The minimum absolute atomic E-state index is 0.0250. The van der Waals surface area contributed by atoms with E-state index in [-0.39, 0.29) is 16.9 Å². The van der Waals surface area contributed by atoms with Crippen LogP contribution in [0.1, 0.15) is 22.8 Å². The predicted molar refractivity (Wildman–Crippen MR) is 167 cm³/mol. The van der Waals surface area contributed by atoms with Crippen LogP contribution in [0, 0.1) is 0 Å². The molecule has 0 bridgehead atoms. The summed E-state index contributed by atoms with van der Waals surface area (Å²) in [6.07, 6.45) is 1.55. The largest absolute Gasteiger partial charge is 0.497 e. The van der Waals surface area contributed by atoms with Crippen LogP contribution in [-0.2, 0) is 9.59 Å². The van der Waals surface area contributed by atoms with Crippen molar-refractivity contribution >= 4 is 46.9 Å². The van der Waals surface area contributed by atoms with Crippen molar-refractivity contribution in [3.05, 3.63) is 120 Å². The summed E-state index contributed by atoms with van der Waals surface area (Å²) in [7, 11) is 3.06. The molecule has 1 atom stereocenters. The van der Waals surface area contributed by atoms with E-state index in [9.17, 15) is 14.4 Å². The van der Waals surface area contributed by atoms with Crippen molar-refractivity contribution in [2.45, 2.75) is 17.1 Å². The molecule has 214 valence electrons. The van der Waals surface area contributed by atoms with Gasteiger partial charge in [-0.1, -0.05) is 36.4 Å². The van der Waals surface area contributed by atoms with Crippen molar-refractivity contribution in [3.63, 3.8) is 0 Å². The molecule has 4 rings (SSSR count). The van der Waals surface area contributed by atoms with E-state index in [1.807, 2.05) is 49.4 Å². The lowest BCUT2D eigenvalue weighted by molar-refractivity contribution is -0.115. The van der Waals surface area contributed by atoms with Crippen LogP contribution in [0.4, 0.5) is 11.4 Å². The topological polar surface area (TPSA) is 106 Å². The molecule has 0 saturated carbocycles. The van der Waals surface area contributed by atoms with Crippen LogP contribution in [0.3, 0.4) is 0 Å². The molecule has 0 saturated heterocycles. The van der Waals surface area contributed by atoms with Gasteiger partial charge in [-0.05, 0) is 73.7 Å². The van der Waals surface area contributed by atoms with Crippen LogP contribution >= 0.6 is 11.8 Å². The molecule has 9 heteroatoms. The molecule has 1 unspecified atom stereocenters. The molecule has 0 aromatic heterocycles. The summed E-state index contributed by atoms with van der Waals surface area (Å²) in [4.78, 5) is 39.8. The van der Waals surface area contributed by atoms with Gasteiger partial charge in [0, 0.05) is 33.5 Å². The first-order valence-corrected chi connectivity index (χ1v) is 14.0. The number of methoxy groups -OCH3 is 2. The Morgan fingerprint density at radius 3 is 2.05 bits per heavy atom. The summed E-state index contributed by atoms with van der Waals surface area (Å²) in [6, 6.07) is 30.2. The zero-order valence-electron chi connectivity index (χ0n) is 23.4. The zero-order chi connectivity index (χ0) is 29.9. The van der Waals surface area contributed by atoms with Gasteiger partial charge < -0.3 is 25.4 Å². The quantitative estimate of drug-likeness (QED) is 0.143. The van der Waals surface area contributed by atoms with Crippen molar-refractivity contribution in [2.75, 3.05) is 24.9 Å². The highest BCUT2D eigenvalue weighted by molar-refractivity contribution is 8.00. The van der Waals surface area contributed by atoms with E-state index in [0.29, 0.717) is 28.3 Å². The fourth-order valence-corrected chi connectivity index (χ4v) is 4.74. The number of rotatable bonds is 11. The Kier molecular flexibility index (Phi) is 10.4. The van der Waals surface area contributed by atoms with Gasteiger partial charge in [-0.15, -0.1) is 11.8 Å². The van der Waals surface area contributed by atoms with E-state index in [1.54, 1.807) is 73.8 Å². The van der Waals surface area contributed by atoms with Gasteiger partial charge in [0.2, 0.25) is 5.91 Å². The molecule has 3 N–H and O–H groups in total. The number of hydrogen-bond acceptors (Lipinski definition) is 6. The second kappa shape index (κ2) is 14.6. The standard InChI is InChI=1S/C33H31N3O5S/c1-22(31(37)34-25-12-8-5-9-13-25)42-28-18-15-26(16-19-28)35-33(39)29(36-32(38)23-10-6-4-7-11-23)20-24-14-17-27(40-2)21-30(24)41-3/h4-22H,1-3H3,(H,34,37)(H,35,39)(H,36,38)/b29-20-. The first kappa shape index (κ1) is 30.0. The van der Waals surface area contributed by atoms with Crippen LogP contribution in [0.5, 0.6) is 11.5 Å². The third-order valence-electron chi connectivity index (χ3n) is 6.10. The van der Waals surface area contributed by atoms with Gasteiger partial charge in [0.1, 0.15) is 17.2 Å². The number of ether oxygens (including phenoxy) is 2. The van der Waals surface area contributed by atoms with Crippen LogP contribution < -0.4 is 25.4 Å². The lowest BCUT2D eigenvalue weighted by Gasteiger charge is -2.14. The lowest BCUT2D eigenvalue weighted by atomic mass is 10.1. The number of thioether (sulfide) groups is 1. The number of benzene rings is 4. The average molecular weight is 582 g/mol. The molecule has 0 aliphatic heterocycles. The SMILES string of the molecule is COc1ccc(/C=C(\NC(=O)c2ccccc2)C(=O)Nc2ccc(SC(C)C(=O)Nc3ccccc3)cc2)c(OC)c1. The number of anilines is 2. The second-order valence-corrected chi connectivity index (χ2v) is 10.5. The molecule has 0 fully saturated rings. The van der Waals surface area contributed by atoms with Gasteiger partial charge in [-0.2, -0.15) is 0 Å². The molecule has 0 aliphatic rings. The Balaban J connectivity index is 1.49. The molecule has 42 heavy (non-hydrogen) atoms. The molecular weight excluding hydrogens is 550 g/mol. The minimum Gasteiger partial charge on any atom is -0.497 e. The molecule has 4 aromatic carbocycles.